The van der Waals surface area contributed by atoms with Gasteiger partial charge in [0.25, 0.3) is 5.56 Å². The van der Waals surface area contributed by atoms with E-state index in [0.717, 1.165) is 28.1 Å². The second-order valence-corrected chi connectivity index (χ2v) is 6.91. The number of amides is 1. The Bertz CT molecular complexity index is 1070. The summed E-state index contributed by atoms with van der Waals surface area (Å²) in [5.41, 5.74) is 10.2. The van der Waals surface area contributed by atoms with Crippen LogP contribution in [-0.4, -0.2) is 15.9 Å². The Balaban J connectivity index is 0.00000320. The maximum atomic E-state index is 12.4. The van der Waals surface area contributed by atoms with Gasteiger partial charge in [0.15, 0.2) is 0 Å². The van der Waals surface area contributed by atoms with Crippen LogP contribution in [0.25, 0.3) is 0 Å². The van der Waals surface area contributed by atoms with Crippen molar-refractivity contribution in [1.29, 1.82) is 0 Å². The van der Waals surface area contributed by atoms with Crippen molar-refractivity contribution in [3.05, 3.63) is 87.0 Å². The summed E-state index contributed by atoms with van der Waals surface area (Å²) in [5.74, 6) is 0.217. The van der Waals surface area contributed by atoms with Crippen LogP contribution in [0.2, 0.25) is 0 Å². The molecule has 8 heteroatoms. The summed E-state index contributed by atoms with van der Waals surface area (Å²) in [4.78, 5) is 31.6. The average Bonchev–Trinajstić information content (AvgIpc) is 2.70. The van der Waals surface area contributed by atoms with Gasteiger partial charge in [0.1, 0.15) is 5.82 Å². The number of aromatic amines is 1. The number of hydrogen-bond acceptors (Lipinski definition) is 5. The number of nitrogens with zero attached hydrogens (tertiary/aromatic N) is 1. The zero-order chi connectivity index (χ0) is 20.8. The first-order valence-electron chi connectivity index (χ1n) is 9.41. The van der Waals surface area contributed by atoms with Crippen LogP contribution in [0.3, 0.4) is 0 Å². The van der Waals surface area contributed by atoms with Crippen LogP contribution in [0.15, 0.2) is 53.5 Å². The molecule has 30 heavy (non-hydrogen) atoms. The molecular weight excluding hydrogens is 402 g/mol. The van der Waals surface area contributed by atoms with Gasteiger partial charge in [-0.05, 0) is 36.6 Å². The Morgan fingerprint density at radius 3 is 2.53 bits per heavy atom. The van der Waals surface area contributed by atoms with Gasteiger partial charge in [0, 0.05) is 30.5 Å². The molecule has 158 valence electrons. The summed E-state index contributed by atoms with van der Waals surface area (Å²) in [7, 11) is 0. The third kappa shape index (κ3) is 5.84. The summed E-state index contributed by atoms with van der Waals surface area (Å²) in [5, 5.41) is 6.17. The molecule has 0 aliphatic rings. The molecule has 0 spiro atoms. The Kier molecular flexibility index (Phi) is 8.00. The number of rotatable bonds is 7. The summed E-state index contributed by atoms with van der Waals surface area (Å²) in [6.45, 7) is 4.65. The maximum Gasteiger partial charge on any atom is 0.252 e. The lowest BCUT2D eigenvalue weighted by atomic mass is 10.1. The number of aryl methyl sites for hydroxylation is 1. The number of nitrogen functional groups attached to an aromatic ring is 1. The van der Waals surface area contributed by atoms with Crippen LogP contribution >= 0.6 is 12.4 Å². The van der Waals surface area contributed by atoms with Crippen molar-refractivity contribution >= 4 is 29.8 Å². The van der Waals surface area contributed by atoms with E-state index in [0.29, 0.717) is 24.5 Å². The molecule has 0 saturated carbocycles. The molecule has 0 bridgehead atoms. The largest absolute Gasteiger partial charge is 0.384 e. The smallest absolute Gasteiger partial charge is 0.252 e. The van der Waals surface area contributed by atoms with Crippen LogP contribution in [0, 0.1) is 13.8 Å². The summed E-state index contributed by atoms with van der Waals surface area (Å²) < 4.78 is 0. The molecular formula is C22H26ClN5O2. The number of pyridine rings is 2. The van der Waals surface area contributed by atoms with Crippen molar-refractivity contribution in [3.63, 3.8) is 0 Å². The van der Waals surface area contributed by atoms with Gasteiger partial charge in [-0.15, -0.1) is 12.4 Å². The van der Waals surface area contributed by atoms with Crippen LogP contribution in [0.4, 0.5) is 11.5 Å². The summed E-state index contributed by atoms with van der Waals surface area (Å²) in [6.07, 6.45) is 1.65. The number of halogens is 1. The van der Waals surface area contributed by atoms with Crippen molar-refractivity contribution in [2.45, 2.75) is 33.4 Å². The highest BCUT2D eigenvalue weighted by Gasteiger charge is 2.13. The first kappa shape index (κ1) is 23.0. The molecule has 5 N–H and O–H groups in total. The van der Waals surface area contributed by atoms with Crippen LogP contribution in [0.1, 0.15) is 27.9 Å². The SMILES string of the molecule is Cc1nc(N)ccc1CNC(=O)Cc1c(C)c(NCc2ccccc2)c[nH]c1=O.Cl. The zero-order valence-corrected chi connectivity index (χ0v) is 17.8. The molecule has 0 saturated heterocycles. The Hall–Kier alpha value is -3.32. The quantitative estimate of drug-likeness (QED) is 0.463. The molecule has 0 radical (unpaired) electrons. The van der Waals surface area contributed by atoms with E-state index in [1.807, 2.05) is 50.2 Å². The van der Waals surface area contributed by atoms with Gasteiger partial charge in [-0.1, -0.05) is 36.4 Å². The van der Waals surface area contributed by atoms with Crippen LogP contribution in [-0.2, 0) is 24.3 Å². The monoisotopic (exact) mass is 427 g/mol. The minimum absolute atomic E-state index is 0. The lowest BCUT2D eigenvalue weighted by molar-refractivity contribution is -0.120. The molecule has 0 aliphatic heterocycles. The number of anilines is 2. The lowest BCUT2D eigenvalue weighted by Crippen LogP contribution is -2.28. The maximum absolute atomic E-state index is 12.4. The number of carbonyl (C=O) groups is 1. The first-order valence-corrected chi connectivity index (χ1v) is 9.41. The van der Waals surface area contributed by atoms with Crippen molar-refractivity contribution in [2.75, 3.05) is 11.1 Å². The number of H-pyrrole nitrogens is 1. The van der Waals surface area contributed by atoms with Crippen LogP contribution in [0.5, 0.6) is 0 Å². The van der Waals surface area contributed by atoms with E-state index in [1.54, 1.807) is 12.3 Å². The molecule has 7 nitrogen and oxygen atoms in total. The van der Waals surface area contributed by atoms with Crippen LogP contribution < -0.4 is 21.9 Å². The second-order valence-electron chi connectivity index (χ2n) is 6.91. The fourth-order valence-electron chi connectivity index (χ4n) is 3.07. The van der Waals surface area contributed by atoms with Crippen molar-refractivity contribution in [3.8, 4) is 0 Å². The first-order chi connectivity index (χ1) is 13.9. The van der Waals surface area contributed by atoms with Gasteiger partial charge in [-0.3, -0.25) is 9.59 Å². The highest BCUT2D eigenvalue weighted by Crippen LogP contribution is 2.16. The van der Waals surface area contributed by atoms with Gasteiger partial charge in [0.2, 0.25) is 5.91 Å². The third-order valence-electron chi connectivity index (χ3n) is 4.83. The predicted octanol–water partition coefficient (Wildman–Crippen LogP) is 2.86. The van der Waals surface area contributed by atoms with Crippen molar-refractivity contribution < 1.29 is 4.79 Å². The number of benzene rings is 1. The molecule has 2 aromatic heterocycles. The van der Waals surface area contributed by atoms with Gasteiger partial charge < -0.3 is 21.4 Å². The van der Waals surface area contributed by atoms with E-state index in [2.05, 4.69) is 20.6 Å². The normalized spacial score (nSPS) is 10.2. The van der Waals surface area contributed by atoms with E-state index >= 15 is 0 Å². The van der Waals surface area contributed by atoms with E-state index in [1.165, 1.54) is 0 Å². The molecule has 0 aliphatic carbocycles. The average molecular weight is 428 g/mol. The molecule has 1 aromatic carbocycles. The fourth-order valence-corrected chi connectivity index (χ4v) is 3.07. The zero-order valence-electron chi connectivity index (χ0n) is 17.0. The van der Waals surface area contributed by atoms with E-state index in [9.17, 15) is 9.59 Å². The lowest BCUT2D eigenvalue weighted by Gasteiger charge is -2.13. The Morgan fingerprint density at radius 1 is 1.10 bits per heavy atom. The van der Waals surface area contributed by atoms with Crippen molar-refractivity contribution in [1.82, 2.24) is 15.3 Å². The number of hydrogen-bond donors (Lipinski definition) is 4. The summed E-state index contributed by atoms with van der Waals surface area (Å²) >= 11 is 0. The standard InChI is InChI=1S/C22H25N5O2.ClH/c1-14-18(10-21(28)25-12-17-8-9-20(23)27-15(17)2)22(29)26-13-19(14)24-11-16-6-4-3-5-7-16;/h3-9,13,24H,10-12H2,1-2H3,(H2,23,27)(H,25,28)(H,26,29);1H. The fraction of sp³-hybridized carbons (Fsp3) is 0.227. The number of carbonyl (C=O) groups excluding carboxylic acids is 1. The molecule has 0 fully saturated rings. The van der Waals surface area contributed by atoms with Gasteiger partial charge in [0.05, 0.1) is 12.1 Å². The van der Waals surface area contributed by atoms with Gasteiger partial charge in [-0.25, -0.2) is 4.98 Å². The predicted molar refractivity (Wildman–Crippen MR) is 122 cm³/mol. The molecule has 0 unspecified atom stereocenters. The minimum Gasteiger partial charge on any atom is -0.384 e. The molecule has 3 rings (SSSR count). The number of aromatic nitrogens is 2. The van der Waals surface area contributed by atoms with Gasteiger partial charge in [-0.2, -0.15) is 0 Å². The van der Waals surface area contributed by atoms with Gasteiger partial charge >= 0.3 is 0 Å². The summed E-state index contributed by atoms with van der Waals surface area (Å²) in [6, 6.07) is 13.5. The molecule has 0 atom stereocenters. The van der Waals surface area contributed by atoms with E-state index < -0.39 is 0 Å². The Labute approximate surface area is 181 Å². The number of nitrogens with two attached hydrogens (primary N) is 1. The minimum atomic E-state index is -0.256. The van der Waals surface area contributed by atoms with E-state index in [-0.39, 0.29) is 30.3 Å². The third-order valence-corrected chi connectivity index (χ3v) is 4.83. The number of nitrogens with one attached hydrogen (secondary N) is 3. The second kappa shape index (κ2) is 10.5. The highest BCUT2D eigenvalue weighted by atomic mass is 35.5. The Morgan fingerprint density at radius 2 is 1.83 bits per heavy atom. The van der Waals surface area contributed by atoms with E-state index in [4.69, 9.17) is 5.73 Å². The van der Waals surface area contributed by atoms with Crippen molar-refractivity contribution in [2.24, 2.45) is 0 Å². The molecule has 1 amide bonds. The molecule has 3 aromatic rings. The topological polar surface area (TPSA) is 113 Å². The molecule has 2 heterocycles. The highest BCUT2D eigenvalue weighted by molar-refractivity contribution is 5.85.